The van der Waals surface area contributed by atoms with Gasteiger partial charge in [-0.2, -0.15) is 23.4 Å². The van der Waals surface area contributed by atoms with Crippen LogP contribution in [-0.4, -0.2) is 45.0 Å². The Labute approximate surface area is 174 Å². The molecule has 0 unspecified atom stereocenters. The van der Waals surface area contributed by atoms with Crippen molar-refractivity contribution < 1.29 is 32.1 Å². The van der Waals surface area contributed by atoms with Gasteiger partial charge in [-0.05, 0) is 24.9 Å². The molecule has 0 aliphatic carbocycles. The summed E-state index contributed by atoms with van der Waals surface area (Å²) < 4.78 is 43.6. The van der Waals surface area contributed by atoms with Crippen LogP contribution in [0.5, 0.6) is 0 Å². The van der Waals surface area contributed by atoms with E-state index in [0.29, 0.717) is 0 Å². The molecule has 31 heavy (non-hydrogen) atoms. The number of alkyl halides is 3. The highest BCUT2D eigenvalue weighted by Gasteiger charge is 2.45. The number of hydrogen-bond acceptors (Lipinski definition) is 9. The van der Waals surface area contributed by atoms with Gasteiger partial charge in [-0.15, -0.1) is 0 Å². The van der Waals surface area contributed by atoms with E-state index in [4.69, 9.17) is 9.78 Å². The smallest absolute Gasteiger partial charge is 0.359 e. The molecule has 0 saturated heterocycles. The second-order valence-electron chi connectivity index (χ2n) is 6.60. The van der Waals surface area contributed by atoms with Crippen LogP contribution in [-0.2, 0) is 9.63 Å². The molecule has 2 amide bonds. The average Bonchev–Trinajstić information content (AvgIpc) is 3.01. The number of aryl methyl sites for hydroxylation is 2. The second kappa shape index (κ2) is 9.28. The summed E-state index contributed by atoms with van der Waals surface area (Å²) in [6.45, 7) is 6.26. The molecule has 0 aliphatic heterocycles. The van der Waals surface area contributed by atoms with Crippen molar-refractivity contribution in [2.24, 2.45) is 5.92 Å². The molecule has 11 nitrogen and oxygen atoms in total. The molecule has 2 aromatic heterocycles. The Morgan fingerprint density at radius 2 is 2.03 bits per heavy atom. The van der Waals surface area contributed by atoms with Crippen molar-refractivity contribution in [1.29, 1.82) is 5.26 Å². The van der Waals surface area contributed by atoms with E-state index >= 15 is 0 Å². The van der Waals surface area contributed by atoms with E-state index in [9.17, 15) is 22.8 Å². The number of carbonyl (C=O) groups is 2. The monoisotopic (exact) mass is 441 g/mol. The third-order valence-corrected chi connectivity index (χ3v) is 3.60. The van der Waals surface area contributed by atoms with E-state index in [1.54, 1.807) is 19.9 Å². The normalized spacial score (nSPS) is 11.1. The fraction of sp³-hybridized carbons (Fsp3) is 0.412. The van der Waals surface area contributed by atoms with Crippen LogP contribution in [0.2, 0.25) is 0 Å². The van der Waals surface area contributed by atoms with Crippen molar-refractivity contribution >= 4 is 23.5 Å². The standard InChI is InChI=1S/C17H18F3N7O4/c1-9(2)8-26(13-5-6-22-12(7-21)23-13)27(31-15(28)17(18,19)20)16(29)24-14-10(3)25-30-11(14)4/h5-6,9H,8H2,1-4H3,(H,24,29). The summed E-state index contributed by atoms with van der Waals surface area (Å²) in [5, 5.41) is 15.9. The van der Waals surface area contributed by atoms with Crippen molar-refractivity contribution in [2.45, 2.75) is 33.9 Å². The number of hydrazine groups is 1. The number of hydrogen-bond donors (Lipinski definition) is 1. The number of halogens is 3. The molecule has 0 aromatic carbocycles. The van der Waals surface area contributed by atoms with Crippen molar-refractivity contribution in [1.82, 2.24) is 20.3 Å². The summed E-state index contributed by atoms with van der Waals surface area (Å²) in [7, 11) is 0. The SMILES string of the molecule is Cc1noc(C)c1NC(=O)N(OC(=O)C(F)(F)F)N(CC(C)C)c1ccnc(C#N)n1. The van der Waals surface area contributed by atoms with Gasteiger partial charge in [0.15, 0.2) is 11.6 Å². The number of anilines is 2. The summed E-state index contributed by atoms with van der Waals surface area (Å²) >= 11 is 0. The fourth-order valence-corrected chi connectivity index (χ4v) is 2.30. The summed E-state index contributed by atoms with van der Waals surface area (Å²) in [6, 6.07) is 1.66. The average molecular weight is 441 g/mol. The summed E-state index contributed by atoms with van der Waals surface area (Å²) in [4.78, 5) is 36.4. The summed E-state index contributed by atoms with van der Waals surface area (Å²) in [5.74, 6) is -3.15. The zero-order chi connectivity index (χ0) is 23.3. The zero-order valence-electron chi connectivity index (χ0n) is 16.9. The van der Waals surface area contributed by atoms with Crippen LogP contribution in [0.3, 0.4) is 0 Å². The molecule has 0 atom stereocenters. The van der Waals surface area contributed by atoms with Gasteiger partial charge in [-0.25, -0.2) is 19.6 Å². The lowest BCUT2D eigenvalue weighted by molar-refractivity contribution is -0.229. The van der Waals surface area contributed by atoms with Gasteiger partial charge in [0.2, 0.25) is 5.82 Å². The first-order valence-corrected chi connectivity index (χ1v) is 8.77. The maximum absolute atomic E-state index is 12.9. The van der Waals surface area contributed by atoms with Crippen LogP contribution in [0.4, 0.5) is 29.5 Å². The topological polar surface area (TPSA) is 137 Å². The predicted molar refractivity (Wildman–Crippen MR) is 97.9 cm³/mol. The molecule has 0 radical (unpaired) electrons. The quantitative estimate of drug-likeness (QED) is 0.694. The van der Waals surface area contributed by atoms with Crippen LogP contribution in [0.15, 0.2) is 16.8 Å². The van der Waals surface area contributed by atoms with Crippen LogP contribution in [0, 0.1) is 31.1 Å². The molecular formula is C17H18F3N7O4. The minimum absolute atomic E-state index is 0.0861. The number of nitrogens with zero attached hydrogens (tertiary/aromatic N) is 6. The third kappa shape index (κ3) is 5.81. The molecule has 0 aliphatic rings. The Morgan fingerprint density at radius 1 is 1.35 bits per heavy atom. The highest BCUT2D eigenvalue weighted by atomic mass is 19.4. The van der Waals surface area contributed by atoms with E-state index < -0.39 is 18.2 Å². The largest absolute Gasteiger partial charge is 0.493 e. The number of nitriles is 1. The molecule has 0 spiro atoms. The molecule has 1 N–H and O–H groups in total. The lowest BCUT2D eigenvalue weighted by atomic mass is 10.2. The molecule has 166 valence electrons. The molecule has 2 rings (SSSR count). The Hall–Kier alpha value is -3.89. The van der Waals surface area contributed by atoms with Crippen LogP contribution < -0.4 is 10.3 Å². The molecule has 2 aromatic rings. The van der Waals surface area contributed by atoms with Crippen LogP contribution in [0.1, 0.15) is 31.1 Å². The van der Waals surface area contributed by atoms with E-state index in [0.717, 1.165) is 5.01 Å². The van der Waals surface area contributed by atoms with Gasteiger partial charge in [0.1, 0.15) is 17.5 Å². The second-order valence-corrected chi connectivity index (χ2v) is 6.60. The fourth-order valence-electron chi connectivity index (χ4n) is 2.30. The van der Waals surface area contributed by atoms with Crippen molar-refractivity contribution in [3.8, 4) is 6.07 Å². The van der Waals surface area contributed by atoms with Gasteiger partial charge in [0.25, 0.3) is 0 Å². The number of carbonyl (C=O) groups excluding carboxylic acids is 2. The highest BCUT2D eigenvalue weighted by Crippen LogP contribution is 2.24. The minimum atomic E-state index is -5.38. The molecule has 2 heterocycles. The molecular weight excluding hydrogens is 423 g/mol. The van der Waals surface area contributed by atoms with Crippen molar-refractivity contribution in [3.63, 3.8) is 0 Å². The number of hydroxylamine groups is 1. The lowest BCUT2D eigenvalue weighted by Crippen LogP contribution is -2.53. The van der Waals surface area contributed by atoms with E-state index in [2.05, 4.69) is 25.3 Å². The Kier molecular flexibility index (Phi) is 7.00. The van der Waals surface area contributed by atoms with E-state index in [-0.39, 0.29) is 46.4 Å². The number of rotatable bonds is 5. The first kappa shape index (κ1) is 23.4. The molecule has 0 saturated carbocycles. The number of aromatic nitrogens is 3. The van der Waals surface area contributed by atoms with Gasteiger partial charge in [-0.3, -0.25) is 5.32 Å². The Balaban J connectivity index is 2.51. The molecule has 0 fully saturated rings. The Morgan fingerprint density at radius 3 is 2.55 bits per heavy atom. The maximum atomic E-state index is 12.9. The van der Waals surface area contributed by atoms with E-state index in [1.165, 1.54) is 26.1 Å². The van der Waals surface area contributed by atoms with Gasteiger partial charge in [0, 0.05) is 18.8 Å². The first-order valence-electron chi connectivity index (χ1n) is 8.77. The summed E-state index contributed by atoms with van der Waals surface area (Å²) in [6.07, 6.45) is -4.21. The van der Waals surface area contributed by atoms with Gasteiger partial charge < -0.3 is 9.36 Å². The third-order valence-electron chi connectivity index (χ3n) is 3.60. The minimum Gasteiger partial charge on any atom is -0.359 e. The first-order chi connectivity index (χ1) is 14.4. The van der Waals surface area contributed by atoms with E-state index in [1.807, 2.05) is 0 Å². The van der Waals surface area contributed by atoms with Gasteiger partial charge in [0.05, 0.1) is 0 Å². The van der Waals surface area contributed by atoms with Crippen LogP contribution in [0.25, 0.3) is 0 Å². The summed E-state index contributed by atoms with van der Waals surface area (Å²) in [5.41, 5.74) is 0.333. The lowest BCUT2D eigenvalue weighted by Gasteiger charge is -2.34. The maximum Gasteiger partial charge on any atom is 0.493 e. The predicted octanol–water partition coefficient (Wildman–Crippen LogP) is 2.89. The Bertz CT molecular complexity index is 981. The zero-order valence-corrected chi connectivity index (χ0v) is 16.9. The molecule has 0 bridgehead atoms. The van der Waals surface area contributed by atoms with Crippen LogP contribution >= 0.6 is 0 Å². The van der Waals surface area contributed by atoms with Crippen molar-refractivity contribution in [2.75, 3.05) is 16.9 Å². The number of nitrogens with one attached hydrogen (secondary N) is 1. The number of amides is 2. The van der Waals surface area contributed by atoms with Gasteiger partial charge in [-0.1, -0.05) is 19.0 Å². The highest BCUT2D eigenvalue weighted by molar-refractivity contribution is 5.91. The van der Waals surface area contributed by atoms with Gasteiger partial charge >= 0.3 is 18.2 Å². The molecule has 14 heteroatoms. The number of urea groups is 1. The van der Waals surface area contributed by atoms with Crippen molar-refractivity contribution in [3.05, 3.63) is 29.5 Å².